The Bertz CT molecular complexity index is 625. The molecule has 0 spiro atoms. The number of benzene rings is 1. The predicted molar refractivity (Wildman–Crippen MR) is 65.3 cm³/mol. The molecular formula is C10H8BrFN2O2S. The minimum atomic E-state index is -3.90. The predicted octanol–water partition coefficient (Wildman–Crippen LogP) is 2.29. The van der Waals surface area contributed by atoms with Crippen LogP contribution in [0.1, 0.15) is 12.8 Å². The van der Waals surface area contributed by atoms with Crippen molar-refractivity contribution in [3.05, 3.63) is 22.4 Å². The van der Waals surface area contributed by atoms with Crippen LogP contribution in [0.2, 0.25) is 0 Å². The maximum absolute atomic E-state index is 13.8. The summed E-state index contributed by atoms with van der Waals surface area (Å²) in [6.45, 7) is 0. The minimum Gasteiger partial charge on any atom is -0.327 e. The standard InChI is InChI=1S/C10H8BrFN2O2S/c11-6-3-8(12)10-9(4-6)14(7-1-2-7)5-13-17(10,15)16/h3-5,7H,1-2H2. The van der Waals surface area contributed by atoms with Crippen molar-refractivity contribution >= 4 is 38.0 Å². The van der Waals surface area contributed by atoms with Crippen LogP contribution < -0.4 is 4.90 Å². The maximum Gasteiger partial charge on any atom is 0.288 e. The zero-order valence-corrected chi connectivity index (χ0v) is 11.0. The fraction of sp³-hybridized carbons (Fsp3) is 0.300. The summed E-state index contributed by atoms with van der Waals surface area (Å²) < 4.78 is 41.2. The van der Waals surface area contributed by atoms with Gasteiger partial charge in [-0.3, -0.25) is 0 Å². The first kappa shape index (κ1) is 11.2. The Hall–Kier alpha value is -0.950. The molecule has 0 bridgehead atoms. The number of nitrogens with zero attached hydrogens (tertiary/aromatic N) is 2. The Kier molecular flexibility index (Phi) is 2.31. The molecular weight excluding hydrogens is 311 g/mol. The average molecular weight is 319 g/mol. The molecule has 1 fully saturated rings. The van der Waals surface area contributed by atoms with E-state index in [0.717, 1.165) is 18.9 Å². The third-order valence-electron chi connectivity index (χ3n) is 2.78. The fourth-order valence-corrected chi connectivity index (χ4v) is 3.35. The monoisotopic (exact) mass is 318 g/mol. The first-order valence-electron chi connectivity index (χ1n) is 5.07. The molecule has 3 rings (SSSR count). The number of hydrogen-bond acceptors (Lipinski definition) is 3. The van der Waals surface area contributed by atoms with Crippen LogP contribution in [-0.2, 0) is 10.0 Å². The lowest BCUT2D eigenvalue weighted by Gasteiger charge is -2.25. The molecule has 4 nitrogen and oxygen atoms in total. The van der Waals surface area contributed by atoms with Crippen molar-refractivity contribution in [2.75, 3.05) is 4.90 Å². The second-order valence-corrected chi connectivity index (χ2v) is 6.56. The van der Waals surface area contributed by atoms with Gasteiger partial charge in [0.15, 0.2) is 0 Å². The number of sulfonamides is 1. The lowest BCUT2D eigenvalue weighted by atomic mass is 10.3. The molecule has 0 saturated heterocycles. The molecule has 1 aliphatic heterocycles. The number of halogens is 2. The summed E-state index contributed by atoms with van der Waals surface area (Å²) in [4.78, 5) is 1.40. The lowest BCUT2D eigenvalue weighted by Crippen LogP contribution is -2.29. The molecule has 0 N–H and O–H groups in total. The van der Waals surface area contributed by atoms with E-state index in [1.54, 1.807) is 11.0 Å². The highest BCUT2D eigenvalue weighted by atomic mass is 79.9. The van der Waals surface area contributed by atoms with Crippen LogP contribution >= 0.6 is 15.9 Å². The third kappa shape index (κ3) is 1.77. The summed E-state index contributed by atoms with van der Waals surface area (Å²) in [6, 6.07) is 2.99. The van der Waals surface area contributed by atoms with Gasteiger partial charge in [-0.1, -0.05) is 15.9 Å². The molecule has 1 aromatic carbocycles. The summed E-state index contributed by atoms with van der Waals surface area (Å²) in [5.41, 5.74) is 0.370. The summed E-state index contributed by atoms with van der Waals surface area (Å²) >= 11 is 3.17. The smallest absolute Gasteiger partial charge is 0.288 e. The average Bonchev–Trinajstić information content (AvgIpc) is 2.99. The van der Waals surface area contributed by atoms with E-state index in [0.29, 0.717) is 10.2 Å². The van der Waals surface area contributed by atoms with Crippen molar-refractivity contribution in [3.8, 4) is 0 Å². The normalized spacial score (nSPS) is 21.4. The van der Waals surface area contributed by atoms with E-state index in [2.05, 4.69) is 20.3 Å². The van der Waals surface area contributed by atoms with Gasteiger partial charge in [-0.15, -0.1) is 4.40 Å². The summed E-state index contributed by atoms with van der Waals surface area (Å²) in [5.74, 6) is -0.767. The van der Waals surface area contributed by atoms with Gasteiger partial charge < -0.3 is 4.90 Å². The second-order valence-electron chi connectivity index (χ2n) is 4.07. The van der Waals surface area contributed by atoms with Gasteiger partial charge in [0.1, 0.15) is 17.1 Å². The van der Waals surface area contributed by atoms with Crippen molar-refractivity contribution in [3.63, 3.8) is 0 Å². The first-order chi connectivity index (χ1) is 7.99. The molecule has 1 saturated carbocycles. The van der Waals surface area contributed by atoms with E-state index in [-0.39, 0.29) is 10.9 Å². The molecule has 17 heavy (non-hydrogen) atoms. The van der Waals surface area contributed by atoms with Gasteiger partial charge in [0.05, 0.1) is 5.69 Å². The van der Waals surface area contributed by atoms with Gasteiger partial charge in [-0.25, -0.2) is 4.39 Å². The van der Waals surface area contributed by atoms with Gasteiger partial charge >= 0.3 is 0 Å². The molecule has 0 radical (unpaired) electrons. The zero-order valence-electron chi connectivity index (χ0n) is 8.60. The van der Waals surface area contributed by atoms with Crippen molar-refractivity contribution < 1.29 is 12.8 Å². The molecule has 0 atom stereocenters. The molecule has 1 heterocycles. The molecule has 0 amide bonds. The Morgan fingerprint density at radius 2 is 2.12 bits per heavy atom. The highest BCUT2D eigenvalue weighted by molar-refractivity contribution is 9.10. The molecule has 7 heteroatoms. The van der Waals surface area contributed by atoms with E-state index in [9.17, 15) is 12.8 Å². The van der Waals surface area contributed by atoms with Gasteiger partial charge in [-0.05, 0) is 25.0 Å². The highest BCUT2D eigenvalue weighted by Crippen LogP contribution is 2.40. The number of rotatable bonds is 1. The molecule has 0 unspecified atom stereocenters. The van der Waals surface area contributed by atoms with Crippen LogP contribution in [-0.4, -0.2) is 20.8 Å². The number of hydrogen-bond donors (Lipinski definition) is 0. The quantitative estimate of drug-likeness (QED) is 0.798. The van der Waals surface area contributed by atoms with Gasteiger partial charge in [-0.2, -0.15) is 8.42 Å². The Morgan fingerprint density at radius 3 is 2.76 bits per heavy atom. The Balaban J connectivity index is 2.28. The molecule has 1 aromatic rings. The van der Waals surface area contributed by atoms with E-state index < -0.39 is 15.8 Å². The topological polar surface area (TPSA) is 49.7 Å². The third-order valence-corrected chi connectivity index (χ3v) is 4.53. The Labute approximate surface area is 106 Å². The van der Waals surface area contributed by atoms with Crippen molar-refractivity contribution in [1.29, 1.82) is 0 Å². The van der Waals surface area contributed by atoms with Gasteiger partial charge in [0, 0.05) is 10.5 Å². The fourth-order valence-electron chi connectivity index (χ4n) is 1.87. The number of anilines is 1. The van der Waals surface area contributed by atoms with E-state index in [4.69, 9.17) is 0 Å². The van der Waals surface area contributed by atoms with E-state index in [1.165, 1.54) is 6.34 Å². The van der Waals surface area contributed by atoms with Crippen molar-refractivity contribution in [2.45, 2.75) is 23.8 Å². The maximum atomic E-state index is 13.8. The highest BCUT2D eigenvalue weighted by Gasteiger charge is 2.36. The van der Waals surface area contributed by atoms with E-state index >= 15 is 0 Å². The first-order valence-corrected chi connectivity index (χ1v) is 7.30. The molecule has 1 aliphatic carbocycles. The molecule has 0 aromatic heterocycles. The van der Waals surface area contributed by atoms with Crippen LogP contribution in [0, 0.1) is 5.82 Å². The van der Waals surface area contributed by atoms with Crippen LogP contribution in [0.3, 0.4) is 0 Å². The van der Waals surface area contributed by atoms with Crippen LogP contribution in [0.25, 0.3) is 0 Å². The summed E-state index contributed by atoms with van der Waals surface area (Å²) in [6.07, 6.45) is 3.22. The SMILES string of the molecule is O=S1(=O)N=CN(C2CC2)c2cc(Br)cc(F)c21. The van der Waals surface area contributed by atoms with Crippen molar-refractivity contribution in [2.24, 2.45) is 4.40 Å². The molecule has 90 valence electrons. The summed E-state index contributed by atoms with van der Waals surface area (Å²) in [5, 5.41) is 0. The van der Waals surface area contributed by atoms with Gasteiger partial charge in [0.25, 0.3) is 10.0 Å². The number of fused-ring (bicyclic) bond motifs is 1. The van der Waals surface area contributed by atoms with Crippen LogP contribution in [0.5, 0.6) is 0 Å². The Morgan fingerprint density at radius 1 is 1.41 bits per heavy atom. The second kappa shape index (κ2) is 3.52. The lowest BCUT2D eigenvalue weighted by molar-refractivity contribution is 0.566. The van der Waals surface area contributed by atoms with Gasteiger partial charge in [0.2, 0.25) is 0 Å². The van der Waals surface area contributed by atoms with Crippen molar-refractivity contribution in [1.82, 2.24) is 0 Å². The minimum absolute atomic E-state index is 0.238. The summed E-state index contributed by atoms with van der Waals surface area (Å²) in [7, 11) is -3.90. The van der Waals surface area contributed by atoms with Crippen LogP contribution in [0.4, 0.5) is 10.1 Å². The van der Waals surface area contributed by atoms with Crippen LogP contribution in [0.15, 0.2) is 25.9 Å². The largest absolute Gasteiger partial charge is 0.327 e. The molecule has 2 aliphatic rings. The van der Waals surface area contributed by atoms with E-state index in [1.807, 2.05) is 0 Å². The zero-order chi connectivity index (χ0) is 12.2.